The van der Waals surface area contributed by atoms with E-state index in [4.69, 9.17) is 16.3 Å². The summed E-state index contributed by atoms with van der Waals surface area (Å²) in [6, 6.07) is 9.02. The molecule has 2 N–H and O–H groups in total. The van der Waals surface area contributed by atoms with Crippen LogP contribution in [0.25, 0.3) is 0 Å². The molecule has 120 valence electrons. The minimum absolute atomic E-state index is 0.0339. The van der Waals surface area contributed by atoms with Gasteiger partial charge in [-0.15, -0.1) is 0 Å². The van der Waals surface area contributed by atoms with Crippen LogP contribution in [-0.2, 0) is 6.42 Å². The third kappa shape index (κ3) is 3.46. The third-order valence-corrected chi connectivity index (χ3v) is 4.04. The Hall–Kier alpha value is -2.11. The van der Waals surface area contributed by atoms with Crippen LogP contribution in [0, 0.1) is 5.82 Å². The second kappa shape index (κ2) is 6.56. The zero-order valence-corrected chi connectivity index (χ0v) is 12.9. The third-order valence-electron chi connectivity index (χ3n) is 3.73. The van der Waals surface area contributed by atoms with E-state index in [1.807, 2.05) is 12.1 Å². The molecule has 0 spiro atoms. The average molecular weight is 336 g/mol. The van der Waals surface area contributed by atoms with Gasteiger partial charge in [0.05, 0.1) is 23.3 Å². The number of halogens is 2. The SMILES string of the molecule is O=C(NCC(O)c1ccc2c(c1)CCO2)c1ccc(F)cc1Cl. The number of hydrogen-bond donors (Lipinski definition) is 2. The Morgan fingerprint density at radius 3 is 2.96 bits per heavy atom. The number of hydrogen-bond acceptors (Lipinski definition) is 3. The summed E-state index contributed by atoms with van der Waals surface area (Å²) in [4.78, 5) is 12.1. The van der Waals surface area contributed by atoms with Gasteiger partial charge in [-0.1, -0.05) is 17.7 Å². The summed E-state index contributed by atoms with van der Waals surface area (Å²) in [6.45, 7) is 0.681. The molecular formula is C17H15ClFNO3. The molecule has 0 saturated heterocycles. The van der Waals surface area contributed by atoms with E-state index in [0.717, 1.165) is 29.9 Å². The van der Waals surface area contributed by atoms with Crippen LogP contribution in [-0.4, -0.2) is 24.2 Å². The van der Waals surface area contributed by atoms with E-state index in [9.17, 15) is 14.3 Å². The van der Waals surface area contributed by atoms with Crippen molar-refractivity contribution in [3.63, 3.8) is 0 Å². The fourth-order valence-electron chi connectivity index (χ4n) is 2.49. The molecule has 4 nitrogen and oxygen atoms in total. The van der Waals surface area contributed by atoms with Crippen LogP contribution >= 0.6 is 11.6 Å². The second-order valence-corrected chi connectivity index (χ2v) is 5.72. The topological polar surface area (TPSA) is 58.6 Å². The Morgan fingerprint density at radius 2 is 2.17 bits per heavy atom. The van der Waals surface area contributed by atoms with E-state index in [1.54, 1.807) is 6.07 Å². The highest BCUT2D eigenvalue weighted by Gasteiger charge is 2.17. The lowest BCUT2D eigenvalue weighted by molar-refractivity contribution is 0.0916. The molecule has 0 aromatic heterocycles. The van der Waals surface area contributed by atoms with Crippen LogP contribution in [0.4, 0.5) is 4.39 Å². The summed E-state index contributed by atoms with van der Waals surface area (Å²) in [6.07, 6.45) is -0.0305. The zero-order chi connectivity index (χ0) is 16.4. The van der Waals surface area contributed by atoms with Crippen molar-refractivity contribution in [3.05, 3.63) is 63.9 Å². The quantitative estimate of drug-likeness (QED) is 0.903. The molecule has 2 aromatic carbocycles. The van der Waals surface area contributed by atoms with Gasteiger partial charge in [0.2, 0.25) is 0 Å². The van der Waals surface area contributed by atoms with Crippen molar-refractivity contribution in [1.29, 1.82) is 0 Å². The summed E-state index contributed by atoms with van der Waals surface area (Å²) in [5.41, 5.74) is 1.93. The maximum Gasteiger partial charge on any atom is 0.252 e. The molecule has 1 heterocycles. The Balaban J connectivity index is 1.64. The predicted molar refractivity (Wildman–Crippen MR) is 84.3 cm³/mol. The molecular weight excluding hydrogens is 321 g/mol. The van der Waals surface area contributed by atoms with E-state index in [2.05, 4.69) is 5.32 Å². The fraction of sp³-hybridized carbons (Fsp3) is 0.235. The van der Waals surface area contributed by atoms with E-state index in [0.29, 0.717) is 12.2 Å². The van der Waals surface area contributed by atoms with Crippen LogP contribution in [0.15, 0.2) is 36.4 Å². The molecule has 0 radical (unpaired) electrons. The molecule has 0 bridgehead atoms. The van der Waals surface area contributed by atoms with Crippen LogP contribution in [0.5, 0.6) is 5.75 Å². The van der Waals surface area contributed by atoms with Gasteiger partial charge in [0.15, 0.2) is 0 Å². The Morgan fingerprint density at radius 1 is 1.35 bits per heavy atom. The minimum Gasteiger partial charge on any atom is -0.493 e. The lowest BCUT2D eigenvalue weighted by Crippen LogP contribution is -2.28. The maximum atomic E-state index is 13.0. The maximum absolute atomic E-state index is 13.0. The lowest BCUT2D eigenvalue weighted by atomic mass is 10.0. The highest BCUT2D eigenvalue weighted by atomic mass is 35.5. The van der Waals surface area contributed by atoms with Gasteiger partial charge in [0.25, 0.3) is 5.91 Å². The molecule has 3 rings (SSSR count). The molecule has 1 atom stereocenters. The largest absolute Gasteiger partial charge is 0.493 e. The van der Waals surface area contributed by atoms with Crippen molar-refractivity contribution in [1.82, 2.24) is 5.32 Å². The van der Waals surface area contributed by atoms with Crippen LogP contribution in [0.2, 0.25) is 5.02 Å². The standard InChI is InChI=1S/C17H15ClFNO3/c18-14-8-12(19)2-3-13(14)17(22)20-9-15(21)10-1-4-16-11(7-10)5-6-23-16/h1-4,7-8,15,21H,5-6,9H2,(H,20,22). The number of benzene rings is 2. The number of aliphatic hydroxyl groups excluding tert-OH is 1. The molecule has 0 aliphatic carbocycles. The first-order chi connectivity index (χ1) is 11.0. The molecule has 6 heteroatoms. The Kier molecular flexibility index (Phi) is 4.50. The summed E-state index contributed by atoms with van der Waals surface area (Å²) < 4.78 is 18.4. The van der Waals surface area contributed by atoms with Gasteiger partial charge < -0.3 is 15.2 Å². The van der Waals surface area contributed by atoms with Gasteiger partial charge >= 0.3 is 0 Å². The van der Waals surface area contributed by atoms with Gasteiger partial charge in [-0.2, -0.15) is 0 Å². The van der Waals surface area contributed by atoms with Crippen molar-refractivity contribution in [2.24, 2.45) is 0 Å². The molecule has 1 aliphatic heterocycles. The van der Waals surface area contributed by atoms with Crippen LogP contribution in [0.3, 0.4) is 0 Å². The first-order valence-corrected chi connectivity index (χ1v) is 7.59. The average Bonchev–Trinajstić information content (AvgIpc) is 2.99. The number of ether oxygens (including phenoxy) is 1. The normalized spacial score (nSPS) is 14.0. The summed E-state index contributed by atoms with van der Waals surface area (Å²) in [7, 11) is 0. The van der Waals surface area contributed by atoms with Crippen molar-refractivity contribution in [2.75, 3.05) is 13.2 Å². The molecule has 2 aromatic rings. The van der Waals surface area contributed by atoms with Crippen molar-refractivity contribution in [3.8, 4) is 5.75 Å². The lowest BCUT2D eigenvalue weighted by Gasteiger charge is -2.14. The monoisotopic (exact) mass is 335 g/mol. The van der Waals surface area contributed by atoms with E-state index in [1.165, 1.54) is 6.07 Å². The Bertz CT molecular complexity index is 751. The highest BCUT2D eigenvalue weighted by molar-refractivity contribution is 6.33. The molecule has 23 heavy (non-hydrogen) atoms. The molecule has 0 saturated carbocycles. The number of fused-ring (bicyclic) bond motifs is 1. The smallest absolute Gasteiger partial charge is 0.252 e. The number of carbonyl (C=O) groups excluding carboxylic acids is 1. The van der Waals surface area contributed by atoms with Gasteiger partial charge in [-0.05, 0) is 41.5 Å². The summed E-state index contributed by atoms with van der Waals surface area (Å²) in [5, 5.41) is 12.8. The first-order valence-electron chi connectivity index (χ1n) is 7.21. The first kappa shape index (κ1) is 15.8. The molecule has 0 fully saturated rings. The predicted octanol–water partition coefficient (Wildman–Crippen LogP) is 2.88. The van der Waals surface area contributed by atoms with Gasteiger partial charge in [-0.25, -0.2) is 4.39 Å². The summed E-state index contributed by atoms with van der Waals surface area (Å²) in [5.74, 6) is -0.131. The van der Waals surface area contributed by atoms with Crippen LogP contribution in [0.1, 0.15) is 27.6 Å². The molecule has 1 unspecified atom stereocenters. The Labute approximate surface area is 137 Å². The number of rotatable bonds is 4. The number of aliphatic hydroxyl groups is 1. The molecule has 1 amide bonds. The molecule has 1 aliphatic rings. The van der Waals surface area contributed by atoms with Crippen molar-refractivity contribution < 1.29 is 19.0 Å². The minimum atomic E-state index is -0.843. The van der Waals surface area contributed by atoms with Crippen molar-refractivity contribution >= 4 is 17.5 Å². The van der Waals surface area contributed by atoms with Crippen LogP contribution < -0.4 is 10.1 Å². The van der Waals surface area contributed by atoms with Gasteiger partial charge in [0, 0.05) is 13.0 Å². The van der Waals surface area contributed by atoms with Gasteiger partial charge in [-0.3, -0.25) is 4.79 Å². The highest BCUT2D eigenvalue weighted by Crippen LogP contribution is 2.28. The van der Waals surface area contributed by atoms with E-state index < -0.39 is 17.8 Å². The van der Waals surface area contributed by atoms with E-state index in [-0.39, 0.29) is 17.1 Å². The van der Waals surface area contributed by atoms with Gasteiger partial charge in [0.1, 0.15) is 11.6 Å². The van der Waals surface area contributed by atoms with E-state index >= 15 is 0 Å². The van der Waals surface area contributed by atoms with Crippen molar-refractivity contribution in [2.45, 2.75) is 12.5 Å². The number of amides is 1. The number of nitrogens with one attached hydrogen (secondary N) is 1. The fourth-order valence-corrected chi connectivity index (χ4v) is 2.74. The summed E-state index contributed by atoms with van der Waals surface area (Å²) >= 11 is 5.84. The second-order valence-electron chi connectivity index (χ2n) is 5.32. The number of carbonyl (C=O) groups is 1. The zero-order valence-electron chi connectivity index (χ0n) is 12.2.